The van der Waals surface area contributed by atoms with Gasteiger partial charge in [-0.05, 0) is 6.42 Å². The highest BCUT2D eigenvalue weighted by molar-refractivity contribution is 5.64. The zero-order valence-electron chi connectivity index (χ0n) is 12.9. The monoisotopic (exact) mass is 295 g/mol. The van der Waals surface area contributed by atoms with E-state index in [-0.39, 0.29) is 6.61 Å². The van der Waals surface area contributed by atoms with E-state index >= 15 is 0 Å². The van der Waals surface area contributed by atoms with Gasteiger partial charge in [-0.2, -0.15) is 0 Å². The average Bonchev–Trinajstić information content (AvgIpc) is 2.53. The van der Waals surface area contributed by atoms with Gasteiger partial charge in [0.05, 0.1) is 13.7 Å². The second-order valence-electron chi connectivity index (χ2n) is 5.06. The third kappa shape index (κ3) is 3.95. The zero-order valence-corrected chi connectivity index (χ0v) is 12.9. The van der Waals surface area contributed by atoms with Crippen molar-refractivity contribution < 1.29 is 9.84 Å². The molecule has 0 atom stereocenters. The molecule has 0 aromatic carbocycles. The number of aromatic nitrogens is 2. The summed E-state index contributed by atoms with van der Waals surface area (Å²) in [6, 6.07) is 0. The number of hydrogen-bond acceptors (Lipinski definition) is 7. The molecule has 1 aliphatic rings. The third-order valence-electron chi connectivity index (χ3n) is 3.62. The summed E-state index contributed by atoms with van der Waals surface area (Å²) in [5.74, 6) is 2.30. The van der Waals surface area contributed by atoms with Crippen molar-refractivity contribution in [1.82, 2.24) is 14.9 Å². The van der Waals surface area contributed by atoms with Gasteiger partial charge in [0.2, 0.25) is 5.75 Å². The van der Waals surface area contributed by atoms with Gasteiger partial charge in [0.15, 0.2) is 11.6 Å². The fourth-order valence-corrected chi connectivity index (χ4v) is 2.47. The minimum absolute atomic E-state index is 0.210. The van der Waals surface area contributed by atoms with Crippen LogP contribution in [-0.4, -0.2) is 73.0 Å². The molecule has 118 valence electrons. The van der Waals surface area contributed by atoms with Crippen molar-refractivity contribution in [3.8, 4) is 5.75 Å². The molecule has 1 aliphatic heterocycles. The molecule has 7 nitrogen and oxygen atoms in total. The molecule has 0 bridgehead atoms. The Morgan fingerprint density at radius 2 is 2.05 bits per heavy atom. The van der Waals surface area contributed by atoms with Gasteiger partial charge < -0.3 is 20.1 Å². The zero-order chi connectivity index (χ0) is 15.1. The number of anilines is 2. The summed E-state index contributed by atoms with van der Waals surface area (Å²) in [5, 5.41) is 12.3. The Balaban J connectivity index is 2.09. The van der Waals surface area contributed by atoms with E-state index in [1.165, 1.54) is 0 Å². The van der Waals surface area contributed by atoms with Gasteiger partial charge in [0.1, 0.15) is 6.33 Å². The molecule has 0 aliphatic carbocycles. The predicted molar refractivity (Wildman–Crippen MR) is 83.1 cm³/mol. The minimum Gasteiger partial charge on any atom is -0.490 e. The molecule has 1 fully saturated rings. The maximum Gasteiger partial charge on any atom is 0.204 e. The van der Waals surface area contributed by atoms with Crippen molar-refractivity contribution in [2.24, 2.45) is 0 Å². The van der Waals surface area contributed by atoms with Crippen LogP contribution in [0.25, 0.3) is 0 Å². The Morgan fingerprint density at radius 3 is 2.67 bits per heavy atom. The van der Waals surface area contributed by atoms with Crippen LogP contribution in [-0.2, 0) is 0 Å². The molecule has 0 saturated carbocycles. The summed E-state index contributed by atoms with van der Waals surface area (Å²) in [6.45, 7) is 7.51. The number of aliphatic hydroxyl groups excluding tert-OH is 1. The molecular weight excluding hydrogens is 270 g/mol. The van der Waals surface area contributed by atoms with Crippen LogP contribution in [0.15, 0.2) is 6.33 Å². The first-order chi connectivity index (χ1) is 10.3. The van der Waals surface area contributed by atoms with Crippen molar-refractivity contribution in [3.63, 3.8) is 0 Å². The SMILES string of the molecule is CCCNc1ncnc(N2CCN(CCO)CC2)c1OC. The van der Waals surface area contributed by atoms with Crippen LogP contribution in [0.2, 0.25) is 0 Å². The maximum atomic E-state index is 9.00. The van der Waals surface area contributed by atoms with Gasteiger partial charge in [0, 0.05) is 39.3 Å². The first kappa shape index (κ1) is 15.8. The normalized spacial score (nSPS) is 16.0. The molecule has 0 unspecified atom stereocenters. The molecule has 1 saturated heterocycles. The Labute approximate surface area is 125 Å². The van der Waals surface area contributed by atoms with Crippen LogP contribution < -0.4 is 15.0 Å². The van der Waals surface area contributed by atoms with Crippen molar-refractivity contribution in [1.29, 1.82) is 0 Å². The molecule has 2 heterocycles. The predicted octanol–water partition coefficient (Wildman–Crippen LogP) is 0.421. The standard InChI is InChI=1S/C14H25N5O2/c1-3-4-15-13-12(21-2)14(17-11-16-13)19-7-5-18(6-8-19)9-10-20/h11,20H,3-10H2,1-2H3,(H,15,16,17). The molecule has 0 radical (unpaired) electrons. The van der Waals surface area contributed by atoms with E-state index < -0.39 is 0 Å². The molecule has 0 spiro atoms. The summed E-state index contributed by atoms with van der Waals surface area (Å²) in [7, 11) is 1.65. The number of rotatable bonds is 7. The van der Waals surface area contributed by atoms with Gasteiger partial charge in [-0.25, -0.2) is 9.97 Å². The number of hydrogen-bond donors (Lipinski definition) is 2. The highest BCUT2D eigenvalue weighted by Gasteiger charge is 2.22. The Morgan fingerprint density at radius 1 is 1.29 bits per heavy atom. The number of ether oxygens (including phenoxy) is 1. The van der Waals surface area contributed by atoms with E-state index in [1.54, 1.807) is 13.4 Å². The van der Waals surface area contributed by atoms with E-state index in [0.29, 0.717) is 5.75 Å². The van der Waals surface area contributed by atoms with Crippen molar-refractivity contribution in [2.75, 3.05) is 63.2 Å². The summed E-state index contributed by atoms with van der Waals surface area (Å²) in [5.41, 5.74) is 0. The maximum absolute atomic E-state index is 9.00. The van der Waals surface area contributed by atoms with Crippen molar-refractivity contribution in [2.45, 2.75) is 13.3 Å². The highest BCUT2D eigenvalue weighted by atomic mass is 16.5. The lowest BCUT2D eigenvalue weighted by Gasteiger charge is -2.35. The van der Waals surface area contributed by atoms with Gasteiger partial charge in [-0.1, -0.05) is 6.92 Å². The van der Waals surface area contributed by atoms with Gasteiger partial charge in [0.25, 0.3) is 0 Å². The molecule has 7 heteroatoms. The first-order valence-electron chi connectivity index (χ1n) is 7.51. The lowest BCUT2D eigenvalue weighted by Crippen LogP contribution is -2.47. The Hall–Kier alpha value is -1.60. The van der Waals surface area contributed by atoms with Gasteiger partial charge in [-0.3, -0.25) is 4.90 Å². The van der Waals surface area contributed by atoms with Crippen LogP contribution in [0.4, 0.5) is 11.6 Å². The van der Waals surface area contributed by atoms with Crippen molar-refractivity contribution in [3.05, 3.63) is 6.33 Å². The third-order valence-corrected chi connectivity index (χ3v) is 3.62. The van der Waals surface area contributed by atoms with E-state index in [1.807, 2.05) is 0 Å². The van der Waals surface area contributed by atoms with Crippen molar-refractivity contribution >= 4 is 11.6 Å². The molecule has 1 aromatic heterocycles. The molecule has 2 N–H and O–H groups in total. The van der Waals surface area contributed by atoms with Gasteiger partial charge in [-0.15, -0.1) is 0 Å². The quantitative estimate of drug-likeness (QED) is 0.755. The Kier molecular flexibility index (Phi) is 6.01. The number of aliphatic hydroxyl groups is 1. The number of nitrogens with one attached hydrogen (secondary N) is 1. The van der Waals surface area contributed by atoms with E-state index in [4.69, 9.17) is 9.84 Å². The largest absolute Gasteiger partial charge is 0.490 e. The van der Waals surface area contributed by atoms with Crippen LogP contribution >= 0.6 is 0 Å². The summed E-state index contributed by atoms with van der Waals surface area (Å²) < 4.78 is 5.52. The summed E-state index contributed by atoms with van der Waals surface area (Å²) >= 11 is 0. The van der Waals surface area contributed by atoms with E-state index in [9.17, 15) is 0 Å². The van der Waals surface area contributed by atoms with Crippen LogP contribution in [0.1, 0.15) is 13.3 Å². The summed E-state index contributed by atoms with van der Waals surface area (Å²) in [4.78, 5) is 13.1. The van der Waals surface area contributed by atoms with E-state index in [2.05, 4.69) is 32.0 Å². The minimum atomic E-state index is 0.210. The van der Waals surface area contributed by atoms with E-state index in [0.717, 1.165) is 57.3 Å². The highest BCUT2D eigenvalue weighted by Crippen LogP contribution is 2.32. The summed E-state index contributed by atoms with van der Waals surface area (Å²) in [6.07, 6.45) is 2.61. The number of piperazine rings is 1. The smallest absolute Gasteiger partial charge is 0.204 e. The lowest BCUT2D eigenvalue weighted by atomic mass is 10.3. The fraction of sp³-hybridized carbons (Fsp3) is 0.714. The fourth-order valence-electron chi connectivity index (χ4n) is 2.47. The molecule has 1 aromatic rings. The second-order valence-corrected chi connectivity index (χ2v) is 5.06. The number of methoxy groups -OCH3 is 1. The van der Waals surface area contributed by atoms with Crippen LogP contribution in [0.5, 0.6) is 5.75 Å². The topological polar surface area (TPSA) is 73.8 Å². The average molecular weight is 295 g/mol. The lowest BCUT2D eigenvalue weighted by molar-refractivity contribution is 0.188. The number of nitrogens with zero attached hydrogens (tertiary/aromatic N) is 4. The molecule has 21 heavy (non-hydrogen) atoms. The molecule has 2 rings (SSSR count). The molecule has 0 amide bonds. The Bertz CT molecular complexity index is 435. The number of β-amino-alcohol motifs (C(OH)–C–C–N with tert-alkyl or cyclic N) is 1. The van der Waals surface area contributed by atoms with Gasteiger partial charge >= 0.3 is 0 Å². The molecular formula is C14H25N5O2. The first-order valence-corrected chi connectivity index (χ1v) is 7.51. The van der Waals surface area contributed by atoms with Crippen LogP contribution in [0, 0.1) is 0 Å². The van der Waals surface area contributed by atoms with Crippen LogP contribution in [0.3, 0.4) is 0 Å². The second kappa shape index (κ2) is 7.99.